The van der Waals surface area contributed by atoms with Gasteiger partial charge in [-0.3, -0.25) is 19.4 Å². The Morgan fingerprint density at radius 2 is 1.57 bits per heavy atom. The molecule has 47 heavy (non-hydrogen) atoms. The fourth-order valence-corrected chi connectivity index (χ4v) is 7.17. The van der Waals surface area contributed by atoms with Gasteiger partial charge in [0.05, 0.1) is 17.4 Å². The van der Waals surface area contributed by atoms with Gasteiger partial charge in [-0.1, -0.05) is 65.9 Å². The van der Waals surface area contributed by atoms with Crippen LogP contribution in [0, 0.1) is 17.6 Å². The molecule has 1 saturated heterocycles. The molecule has 1 aliphatic carbocycles. The lowest BCUT2D eigenvalue weighted by Crippen LogP contribution is -2.45. The van der Waals surface area contributed by atoms with E-state index in [0.29, 0.717) is 5.69 Å². The number of fused-ring (bicyclic) bond motifs is 3. The number of amides is 3. The van der Waals surface area contributed by atoms with Gasteiger partial charge in [0, 0.05) is 11.3 Å². The predicted octanol–water partition coefficient (Wildman–Crippen LogP) is 6.23. The van der Waals surface area contributed by atoms with Gasteiger partial charge in [-0.2, -0.15) is 10.2 Å². The van der Waals surface area contributed by atoms with Crippen LogP contribution < -0.4 is 4.90 Å². The molecule has 4 atom stereocenters. The number of rotatable bonds is 5. The maximum atomic E-state index is 14.1. The van der Waals surface area contributed by atoms with Gasteiger partial charge in [-0.25, -0.2) is 18.7 Å². The normalized spacial score (nSPS) is 24.3. The summed E-state index contributed by atoms with van der Waals surface area (Å²) in [4.78, 5) is 42.6. The number of hydrogen-bond acceptors (Lipinski definition) is 7. The summed E-state index contributed by atoms with van der Waals surface area (Å²) in [6.45, 7) is -0.342. The Labute approximate surface area is 268 Å². The number of benzene rings is 4. The Bertz CT molecular complexity index is 2020. The Balaban J connectivity index is 1.10. The fourth-order valence-electron chi connectivity index (χ4n) is 7.17. The summed E-state index contributed by atoms with van der Waals surface area (Å²) >= 11 is 0. The first-order valence-corrected chi connectivity index (χ1v) is 15.5. The first kappa shape index (κ1) is 28.9. The Kier molecular flexibility index (Phi) is 6.96. The molecule has 3 aliphatic heterocycles. The van der Waals surface area contributed by atoms with Crippen LogP contribution in [0.2, 0.25) is 0 Å². The SMILES string of the molecule is O=C1[C@@H]2[C@@H](N=NN2CC(=O)N2N=C3/C(=C\c4ccc(F)cc4)CCC[C@@H]3[C@@H]2c2ccc(F)cc2)C(=O)N1c1cccc2ccccc12. The summed E-state index contributed by atoms with van der Waals surface area (Å²) in [6.07, 6.45) is 4.30. The number of imide groups is 1. The number of allylic oxidation sites excluding steroid dienone is 1. The molecule has 4 aromatic rings. The van der Waals surface area contributed by atoms with E-state index in [4.69, 9.17) is 5.10 Å². The zero-order valence-corrected chi connectivity index (χ0v) is 25.0. The molecule has 234 valence electrons. The van der Waals surface area contributed by atoms with Gasteiger partial charge in [0.2, 0.25) is 0 Å². The standard InChI is InChI=1S/C36H28F2N6O3/c37-25-15-11-21(12-16-25)19-24-7-3-9-28-31(24)40-44(33(28)23-13-17-26(38)18-14-23)30(45)20-42-34-32(39-41-42)35(46)43(36(34)47)29-10-4-6-22-5-1-2-8-27(22)29/h1-2,4-6,8,10-19,28,32-34H,3,7,9,20H2/b24-19-/t28-,32+,33-,34-/m0/s1. The Hall–Kier alpha value is -5.58. The summed E-state index contributed by atoms with van der Waals surface area (Å²) in [5.74, 6) is -2.32. The van der Waals surface area contributed by atoms with Crippen LogP contribution in [0.4, 0.5) is 14.5 Å². The van der Waals surface area contributed by atoms with Crippen LogP contribution in [0.15, 0.2) is 112 Å². The molecule has 0 radical (unpaired) electrons. The van der Waals surface area contributed by atoms with Gasteiger partial charge in [0.1, 0.15) is 18.2 Å². The molecule has 3 amide bonds. The van der Waals surface area contributed by atoms with Crippen molar-refractivity contribution in [3.8, 4) is 0 Å². The van der Waals surface area contributed by atoms with Crippen molar-refractivity contribution >= 4 is 46.0 Å². The van der Waals surface area contributed by atoms with E-state index in [-0.39, 0.29) is 18.3 Å². The van der Waals surface area contributed by atoms with E-state index in [2.05, 4.69) is 10.3 Å². The second kappa shape index (κ2) is 11.3. The molecule has 4 aromatic carbocycles. The third-order valence-corrected chi connectivity index (χ3v) is 9.34. The zero-order valence-electron chi connectivity index (χ0n) is 25.0. The van der Waals surface area contributed by atoms with Crippen molar-refractivity contribution in [2.24, 2.45) is 21.4 Å². The van der Waals surface area contributed by atoms with Crippen molar-refractivity contribution in [2.45, 2.75) is 37.4 Å². The molecule has 3 heterocycles. The summed E-state index contributed by atoms with van der Waals surface area (Å²) in [6, 6.07) is 22.5. The number of halogens is 2. The Morgan fingerprint density at radius 1 is 0.851 bits per heavy atom. The minimum atomic E-state index is -1.07. The second-order valence-corrected chi connectivity index (χ2v) is 12.1. The fraction of sp³-hybridized carbons (Fsp3) is 0.222. The highest BCUT2D eigenvalue weighted by atomic mass is 19.1. The minimum absolute atomic E-state index is 0.158. The van der Waals surface area contributed by atoms with Crippen molar-refractivity contribution in [2.75, 3.05) is 11.4 Å². The minimum Gasteiger partial charge on any atom is -0.271 e. The van der Waals surface area contributed by atoms with Crippen LogP contribution in [0.25, 0.3) is 16.8 Å². The van der Waals surface area contributed by atoms with Crippen molar-refractivity contribution in [3.05, 3.63) is 119 Å². The average Bonchev–Trinajstić information content (AvgIpc) is 3.75. The molecule has 9 nitrogen and oxygen atoms in total. The molecule has 0 bridgehead atoms. The lowest BCUT2D eigenvalue weighted by Gasteiger charge is -2.30. The van der Waals surface area contributed by atoms with Crippen LogP contribution in [-0.4, -0.2) is 52.1 Å². The van der Waals surface area contributed by atoms with Gasteiger partial charge in [-0.05, 0) is 77.8 Å². The summed E-state index contributed by atoms with van der Waals surface area (Å²) in [5.41, 5.74) is 3.69. The molecular weight excluding hydrogens is 602 g/mol. The number of anilines is 1. The van der Waals surface area contributed by atoms with E-state index < -0.39 is 41.7 Å². The maximum Gasteiger partial charge on any atom is 0.264 e. The van der Waals surface area contributed by atoms with E-state index in [1.807, 2.05) is 36.4 Å². The number of hydrogen-bond donors (Lipinski definition) is 0. The highest BCUT2D eigenvalue weighted by Crippen LogP contribution is 2.45. The molecule has 4 aliphatic rings. The molecule has 11 heteroatoms. The maximum absolute atomic E-state index is 14.1. The lowest BCUT2D eigenvalue weighted by molar-refractivity contribution is -0.136. The summed E-state index contributed by atoms with van der Waals surface area (Å²) in [5, 5.41) is 17.4. The Morgan fingerprint density at radius 3 is 2.36 bits per heavy atom. The molecule has 0 spiro atoms. The highest BCUT2D eigenvalue weighted by molar-refractivity contribution is 6.27. The zero-order chi connectivity index (χ0) is 32.2. The summed E-state index contributed by atoms with van der Waals surface area (Å²) < 4.78 is 27.5. The van der Waals surface area contributed by atoms with E-state index in [0.717, 1.165) is 57.3 Å². The van der Waals surface area contributed by atoms with Gasteiger partial charge in [0.15, 0.2) is 12.1 Å². The lowest BCUT2D eigenvalue weighted by atomic mass is 9.77. The molecule has 0 N–H and O–H groups in total. The number of carbonyl (C=O) groups excluding carboxylic acids is 3. The average molecular weight is 631 g/mol. The van der Waals surface area contributed by atoms with Crippen LogP contribution in [-0.2, 0) is 14.4 Å². The van der Waals surface area contributed by atoms with Crippen LogP contribution in [0.3, 0.4) is 0 Å². The monoisotopic (exact) mass is 630 g/mol. The first-order chi connectivity index (χ1) is 22.9. The van der Waals surface area contributed by atoms with E-state index >= 15 is 0 Å². The molecule has 0 aromatic heterocycles. The van der Waals surface area contributed by atoms with Gasteiger partial charge in [0.25, 0.3) is 17.7 Å². The van der Waals surface area contributed by atoms with Crippen molar-refractivity contribution in [1.29, 1.82) is 0 Å². The van der Waals surface area contributed by atoms with Crippen molar-refractivity contribution < 1.29 is 23.2 Å². The van der Waals surface area contributed by atoms with Crippen molar-refractivity contribution in [1.82, 2.24) is 10.0 Å². The predicted molar refractivity (Wildman–Crippen MR) is 171 cm³/mol. The third kappa shape index (κ3) is 4.89. The van der Waals surface area contributed by atoms with E-state index in [1.54, 1.807) is 36.4 Å². The smallest absolute Gasteiger partial charge is 0.264 e. The van der Waals surface area contributed by atoms with Crippen LogP contribution in [0.1, 0.15) is 36.4 Å². The van der Waals surface area contributed by atoms with Gasteiger partial charge < -0.3 is 0 Å². The van der Waals surface area contributed by atoms with Gasteiger partial charge in [-0.15, -0.1) is 0 Å². The second-order valence-electron chi connectivity index (χ2n) is 12.1. The number of carbonyl (C=O) groups is 3. The number of nitrogens with zero attached hydrogens (tertiary/aromatic N) is 6. The quantitative estimate of drug-likeness (QED) is 0.244. The third-order valence-electron chi connectivity index (χ3n) is 9.34. The first-order valence-electron chi connectivity index (χ1n) is 15.5. The molecular formula is C36H28F2N6O3. The molecule has 0 unspecified atom stereocenters. The van der Waals surface area contributed by atoms with Gasteiger partial charge >= 0.3 is 0 Å². The van der Waals surface area contributed by atoms with Crippen LogP contribution in [0.5, 0.6) is 0 Å². The topological polar surface area (TPSA) is 98.0 Å². The number of hydrazone groups is 1. The molecule has 1 saturated carbocycles. The molecule has 8 rings (SSSR count). The molecule has 2 fully saturated rings. The summed E-state index contributed by atoms with van der Waals surface area (Å²) in [7, 11) is 0. The van der Waals surface area contributed by atoms with Crippen molar-refractivity contribution in [3.63, 3.8) is 0 Å². The van der Waals surface area contributed by atoms with Crippen LogP contribution >= 0.6 is 0 Å². The van der Waals surface area contributed by atoms with E-state index in [9.17, 15) is 23.2 Å². The highest BCUT2D eigenvalue weighted by Gasteiger charge is 2.56. The largest absolute Gasteiger partial charge is 0.271 e. The van der Waals surface area contributed by atoms with E-state index in [1.165, 1.54) is 34.3 Å².